The minimum atomic E-state index is 0. The van der Waals surface area contributed by atoms with E-state index in [1.807, 2.05) is 12.3 Å². The van der Waals surface area contributed by atoms with Crippen LogP contribution in [0.5, 0.6) is 0 Å². The second-order valence-electron chi connectivity index (χ2n) is 4.81. The van der Waals surface area contributed by atoms with Crippen molar-refractivity contribution >= 4 is 0 Å². The van der Waals surface area contributed by atoms with Gasteiger partial charge >= 0.3 is 29.6 Å². The topological polar surface area (TPSA) is 16.1 Å². The Kier molecular flexibility index (Phi) is 7.32. The third-order valence-corrected chi connectivity index (χ3v) is 3.11. The first kappa shape index (κ1) is 16.4. The van der Waals surface area contributed by atoms with Crippen molar-refractivity contribution in [1.29, 1.82) is 0 Å². The maximum absolute atomic E-state index is 4.51. The predicted molar refractivity (Wildman–Crippen MR) is 75.7 cm³/mol. The van der Waals surface area contributed by atoms with Gasteiger partial charge in [-0.15, -0.1) is 0 Å². The fourth-order valence-corrected chi connectivity index (χ4v) is 2.14. The molecule has 19 heavy (non-hydrogen) atoms. The number of nitrogens with zero attached hydrogens (tertiary/aromatic N) is 2. The molecule has 2 rings (SSSR count). The monoisotopic (exact) mass is 263 g/mol. The van der Waals surface area contributed by atoms with E-state index in [0.29, 0.717) is 5.92 Å². The summed E-state index contributed by atoms with van der Waals surface area (Å²) in [5.41, 5.74) is 2.50. The Morgan fingerprint density at radius 3 is 2.26 bits per heavy atom. The number of pyridine rings is 1. The molecule has 0 fully saturated rings. The Morgan fingerprint density at radius 2 is 1.68 bits per heavy atom. The number of aromatic nitrogens is 1. The largest absolute Gasteiger partial charge is 1.00 e. The SMILES string of the molecule is CN(C)CCC(c1ccccc1)c1ccccn1.[Na+]. The Balaban J connectivity index is 0.00000180. The average Bonchev–Trinajstić information content (AvgIpc) is 2.41. The Labute approximate surface area is 138 Å². The maximum Gasteiger partial charge on any atom is 1.00 e. The Morgan fingerprint density at radius 1 is 1.00 bits per heavy atom. The smallest absolute Gasteiger partial charge is 0.309 e. The molecule has 0 bridgehead atoms. The van der Waals surface area contributed by atoms with E-state index in [1.54, 1.807) is 0 Å². The summed E-state index contributed by atoms with van der Waals surface area (Å²) >= 11 is 0. The van der Waals surface area contributed by atoms with E-state index in [0.717, 1.165) is 18.7 Å². The molecular formula is C16H20N2Na+. The minimum Gasteiger partial charge on any atom is -0.309 e. The molecule has 2 nitrogen and oxygen atoms in total. The van der Waals surface area contributed by atoms with Crippen LogP contribution in [0.3, 0.4) is 0 Å². The molecule has 0 aliphatic carbocycles. The van der Waals surface area contributed by atoms with E-state index in [-0.39, 0.29) is 29.6 Å². The molecule has 1 atom stereocenters. The van der Waals surface area contributed by atoms with Crippen LogP contribution < -0.4 is 29.6 Å². The van der Waals surface area contributed by atoms with Crippen LogP contribution in [0.15, 0.2) is 54.7 Å². The maximum atomic E-state index is 4.51. The molecule has 0 saturated carbocycles. The molecule has 0 radical (unpaired) electrons. The van der Waals surface area contributed by atoms with Crippen LogP contribution in [-0.4, -0.2) is 30.5 Å². The molecule has 1 heterocycles. The predicted octanol–water partition coefficient (Wildman–Crippen LogP) is 0.169. The number of benzene rings is 1. The summed E-state index contributed by atoms with van der Waals surface area (Å²) in [7, 11) is 4.22. The van der Waals surface area contributed by atoms with E-state index in [9.17, 15) is 0 Å². The zero-order chi connectivity index (χ0) is 12.8. The molecule has 1 aromatic heterocycles. The molecule has 1 unspecified atom stereocenters. The molecule has 94 valence electrons. The summed E-state index contributed by atoms with van der Waals surface area (Å²) in [4.78, 5) is 6.74. The number of hydrogen-bond acceptors (Lipinski definition) is 2. The van der Waals surface area contributed by atoms with Crippen molar-refractivity contribution in [2.45, 2.75) is 12.3 Å². The molecule has 0 saturated heterocycles. The van der Waals surface area contributed by atoms with Crippen molar-refractivity contribution in [2.24, 2.45) is 0 Å². The van der Waals surface area contributed by atoms with Gasteiger partial charge in [0.25, 0.3) is 0 Å². The molecule has 0 N–H and O–H groups in total. The van der Waals surface area contributed by atoms with Gasteiger partial charge in [0, 0.05) is 17.8 Å². The van der Waals surface area contributed by atoms with Gasteiger partial charge in [-0.1, -0.05) is 36.4 Å². The zero-order valence-corrected chi connectivity index (χ0v) is 14.1. The van der Waals surface area contributed by atoms with Gasteiger partial charge in [0.05, 0.1) is 0 Å². The molecule has 0 aliphatic heterocycles. The van der Waals surface area contributed by atoms with E-state index >= 15 is 0 Å². The van der Waals surface area contributed by atoms with Gasteiger partial charge in [0.15, 0.2) is 0 Å². The van der Waals surface area contributed by atoms with Crippen molar-refractivity contribution in [3.05, 3.63) is 66.0 Å². The fourth-order valence-electron chi connectivity index (χ4n) is 2.14. The van der Waals surface area contributed by atoms with Gasteiger partial charge in [-0.25, -0.2) is 0 Å². The second-order valence-corrected chi connectivity index (χ2v) is 4.81. The summed E-state index contributed by atoms with van der Waals surface area (Å²) < 4.78 is 0. The van der Waals surface area contributed by atoms with Crippen LogP contribution >= 0.6 is 0 Å². The van der Waals surface area contributed by atoms with E-state index < -0.39 is 0 Å². The first-order valence-electron chi connectivity index (χ1n) is 6.38. The number of rotatable bonds is 5. The average molecular weight is 263 g/mol. The second kappa shape index (κ2) is 8.49. The van der Waals surface area contributed by atoms with Crippen molar-refractivity contribution < 1.29 is 29.6 Å². The van der Waals surface area contributed by atoms with Gasteiger partial charge in [0.2, 0.25) is 0 Å². The molecule has 0 aliphatic rings. The van der Waals surface area contributed by atoms with E-state index in [4.69, 9.17) is 0 Å². The van der Waals surface area contributed by atoms with E-state index in [2.05, 4.69) is 66.4 Å². The molecule has 0 amide bonds. The first-order valence-corrected chi connectivity index (χ1v) is 6.38. The van der Waals surface area contributed by atoms with Gasteiger partial charge in [-0.2, -0.15) is 0 Å². The molecule has 0 spiro atoms. The number of hydrogen-bond donors (Lipinski definition) is 0. The summed E-state index contributed by atoms with van der Waals surface area (Å²) in [6.07, 6.45) is 2.97. The zero-order valence-electron chi connectivity index (χ0n) is 12.1. The fraction of sp³-hybridized carbons (Fsp3) is 0.312. The summed E-state index contributed by atoms with van der Waals surface area (Å²) in [5, 5.41) is 0. The third kappa shape index (κ3) is 5.07. The molecule has 2 aromatic rings. The first-order chi connectivity index (χ1) is 8.77. The molecule has 1 aromatic carbocycles. The summed E-state index contributed by atoms with van der Waals surface area (Å²) in [6, 6.07) is 16.8. The standard InChI is InChI=1S/C16H20N2.Na/c1-18(2)13-11-15(14-8-4-3-5-9-14)16-10-6-7-12-17-16;/h3-10,12,15H,11,13H2,1-2H3;/q;+1. The summed E-state index contributed by atoms with van der Waals surface area (Å²) in [5.74, 6) is 0.384. The quantitative estimate of drug-likeness (QED) is 0.715. The Hall–Kier alpha value is -0.670. The van der Waals surface area contributed by atoms with E-state index in [1.165, 1.54) is 5.56 Å². The summed E-state index contributed by atoms with van der Waals surface area (Å²) in [6.45, 7) is 1.07. The van der Waals surface area contributed by atoms with Gasteiger partial charge in [0.1, 0.15) is 0 Å². The van der Waals surface area contributed by atoms with Crippen LogP contribution in [0.2, 0.25) is 0 Å². The van der Waals surface area contributed by atoms with Crippen LogP contribution in [0.4, 0.5) is 0 Å². The van der Waals surface area contributed by atoms with Crippen LogP contribution in [0, 0.1) is 0 Å². The van der Waals surface area contributed by atoms with Crippen LogP contribution in [0.1, 0.15) is 23.6 Å². The van der Waals surface area contributed by atoms with Crippen molar-refractivity contribution in [3.63, 3.8) is 0 Å². The van der Waals surface area contributed by atoms with Gasteiger partial charge < -0.3 is 4.90 Å². The van der Waals surface area contributed by atoms with Crippen LogP contribution in [-0.2, 0) is 0 Å². The third-order valence-electron chi connectivity index (χ3n) is 3.11. The Bertz CT molecular complexity index is 417. The minimum absolute atomic E-state index is 0. The van der Waals surface area contributed by atoms with Crippen LogP contribution in [0.25, 0.3) is 0 Å². The van der Waals surface area contributed by atoms with Gasteiger partial charge in [-0.05, 0) is 44.8 Å². The normalized spacial score (nSPS) is 11.9. The molecule has 3 heteroatoms. The van der Waals surface area contributed by atoms with Crippen molar-refractivity contribution in [3.8, 4) is 0 Å². The van der Waals surface area contributed by atoms with Gasteiger partial charge in [-0.3, -0.25) is 4.98 Å². The molecular weight excluding hydrogens is 243 g/mol. The van der Waals surface area contributed by atoms with Crippen molar-refractivity contribution in [2.75, 3.05) is 20.6 Å². The van der Waals surface area contributed by atoms with Crippen molar-refractivity contribution in [1.82, 2.24) is 9.88 Å².